The molecule has 10 rings (SSSR count). The third-order valence-electron chi connectivity index (χ3n) is 16.0. The molecule has 1 amide bonds. The number of aromatic amines is 1. The molecular formula is C55H67ClN8O16S. The first-order valence-corrected chi connectivity index (χ1v) is 28.7. The van der Waals surface area contributed by atoms with Crippen molar-refractivity contribution in [1.29, 1.82) is 0 Å². The Balaban J connectivity index is 0.845. The van der Waals surface area contributed by atoms with Crippen molar-refractivity contribution in [2.24, 2.45) is 11.3 Å². The van der Waals surface area contributed by atoms with E-state index < -0.39 is 112 Å². The molecule has 2 aromatic heterocycles. The Morgan fingerprint density at radius 1 is 0.877 bits per heavy atom. The van der Waals surface area contributed by atoms with Crippen LogP contribution in [-0.4, -0.2) is 197 Å². The maximum Gasteiger partial charge on any atom is 0.293 e. The zero-order valence-electron chi connectivity index (χ0n) is 44.5. The number of carbonyl (C=O) groups is 1. The Kier molecular flexibility index (Phi) is 17.3. The van der Waals surface area contributed by atoms with Crippen LogP contribution in [0.25, 0.3) is 16.6 Å². The highest BCUT2D eigenvalue weighted by molar-refractivity contribution is 7.90. The number of H-pyrrole nitrogens is 1. The van der Waals surface area contributed by atoms with Crippen LogP contribution in [0.3, 0.4) is 0 Å². The predicted octanol–water partition coefficient (Wildman–Crippen LogP) is 2.89. The van der Waals surface area contributed by atoms with E-state index in [1.54, 1.807) is 18.3 Å². The van der Waals surface area contributed by atoms with Crippen LogP contribution in [0.4, 0.5) is 28.4 Å². The van der Waals surface area contributed by atoms with E-state index in [9.17, 15) is 59.1 Å². The molecule has 10 N–H and O–H groups in total. The first kappa shape index (κ1) is 58.2. The number of nitrogens with one attached hydrogen (secondary N) is 3. The normalized spacial score (nSPS) is 27.2. The van der Waals surface area contributed by atoms with Gasteiger partial charge in [-0.25, -0.2) is 13.1 Å². The Morgan fingerprint density at radius 3 is 2.37 bits per heavy atom. The second kappa shape index (κ2) is 24.0. The van der Waals surface area contributed by atoms with Gasteiger partial charge in [0.15, 0.2) is 6.29 Å². The number of hydrogen-bond donors (Lipinski definition) is 10. The van der Waals surface area contributed by atoms with Crippen LogP contribution in [0.15, 0.2) is 89.5 Å². The summed E-state index contributed by atoms with van der Waals surface area (Å²) in [5.41, 5.74) is 5.56. The molecule has 5 aromatic rings. The number of sulfonamides is 1. The number of piperazine rings is 1. The zero-order chi connectivity index (χ0) is 57.5. The van der Waals surface area contributed by atoms with Crippen molar-refractivity contribution >= 4 is 72.6 Å². The fraction of sp³-hybridized carbons (Fsp3) is 0.491. The second-order valence-electron chi connectivity index (χ2n) is 22.0. The number of aliphatic hydroxyl groups excluding tert-OH is 7. The number of benzene rings is 3. The number of carbonyl (C=O) groups excluding carboxylic acids is 1. The summed E-state index contributed by atoms with van der Waals surface area (Å²) in [4.78, 5) is 39.9. The molecule has 1 aliphatic carbocycles. The monoisotopic (exact) mass is 1160 g/mol. The predicted molar refractivity (Wildman–Crippen MR) is 297 cm³/mol. The molecular weight excluding hydrogens is 1100 g/mol. The highest BCUT2D eigenvalue weighted by Crippen LogP contribution is 2.44. The molecule has 0 saturated carbocycles. The molecule has 3 fully saturated rings. The third-order valence-corrected chi connectivity index (χ3v) is 17.6. The molecule has 0 bridgehead atoms. The first-order valence-electron chi connectivity index (χ1n) is 26.8. The summed E-state index contributed by atoms with van der Waals surface area (Å²) in [6.45, 7) is 6.98. The van der Waals surface area contributed by atoms with Crippen molar-refractivity contribution in [3.63, 3.8) is 0 Å². The van der Waals surface area contributed by atoms with E-state index in [4.69, 9.17) is 30.5 Å². The molecule has 3 aromatic carbocycles. The summed E-state index contributed by atoms with van der Waals surface area (Å²) in [6, 6.07) is 19.9. The lowest BCUT2D eigenvalue weighted by atomic mass is 9.72. The Bertz CT molecular complexity index is 3250. The van der Waals surface area contributed by atoms with Crippen molar-refractivity contribution in [1.82, 2.24) is 19.6 Å². The highest BCUT2D eigenvalue weighted by Gasteiger charge is 2.46. The smallest absolute Gasteiger partial charge is 0.293 e. The number of nitro benzene ring substituents is 1. The number of ether oxygens (including phenoxy) is 4. The molecule has 436 valence electrons. The molecule has 81 heavy (non-hydrogen) atoms. The maximum absolute atomic E-state index is 14.5. The molecule has 10 atom stereocenters. The number of nitro groups is 1. The van der Waals surface area contributed by atoms with Crippen molar-refractivity contribution in [2.45, 2.75) is 93.1 Å². The molecule has 4 aliphatic heterocycles. The van der Waals surface area contributed by atoms with Gasteiger partial charge >= 0.3 is 0 Å². The number of hydrogen-bond acceptors (Lipinski definition) is 21. The van der Waals surface area contributed by atoms with E-state index >= 15 is 0 Å². The summed E-state index contributed by atoms with van der Waals surface area (Å²) in [7, 11) is -4.81. The number of fused-ring (bicyclic) bond motifs is 2. The van der Waals surface area contributed by atoms with E-state index in [0.717, 1.165) is 68.2 Å². The molecule has 26 heteroatoms. The van der Waals surface area contributed by atoms with E-state index in [0.29, 0.717) is 41.0 Å². The number of aliphatic hydroxyl groups is 7. The van der Waals surface area contributed by atoms with Gasteiger partial charge in [-0.3, -0.25) is 19.8 Å². The minimum Gasteiger partial charge on any atom is -0.474 e. The highest BCUT2D eigenvalue weighted by atomic mass is 35.5. The van der Waals surface area contributed by atoms with E-state index in [1.165, 1.54) is 16.7 Å². The standard InChI is InChI=1S/C55H67ClN8O16S/c1-55(2)13-11-32(37(24-55)30-3-5-33(56)6-4-30)26-61-15-17-62(18-16-61)34-7-9-36(40(22-34)63-19-20-78-53-42(63)21-31-12-14-57-51(31)59-53)52(71)60-81(75,76)35-8-10-39(41(23-35)64(73)74)58-25-43-47(67)49(69)48(68)45(79-43)29-77-28-38-44(27-65)80-54(72)50(70)46(38)66/h3-10,12,14,21-23,38,43-50,54,58,65-70,72H,11,13,15-20,24-29H2,1-2H3,(H,57,59)(H,60,71). The van der Waals surface area contributed by atoms with Gasteiger partial charge in [0.1, 0.15) is 60.3 Å². The lowest BCUT2D eigenvalue weighted by molar-refractivity contribution is -0.384. The minimum atomic E-state index is -4.81. The van der Waals surface area contributed by atoms with Crippen LogP contribution in [0.5, 0.6) is 5.88 Å². The van der Waals surface area contributed by atoms with Crippen molar-refractivity contribution in [3.05, 3.63) is 111 Å². The molecule has 5 aliphatic rings. The number of amides is 1. The number of anilines is 4. The van der Waals surface area contributed by atoms with Crippen LogP contribution in [0.1, 0.15) is 49.0 Å². The number of halogens is 1. The number of pyridine rings is 1. The number of nitrogens with zero attached hydrogens (tertiary/aromatic N) is 5. The topological polar surface area (TPSA) is 335 Å². The maximum atomic E-state index is 14.5. The molecule has 6 heterocycles. The summed E-state index contributed by atoms with van der Waals surface area (Å²) < 4.78 is 53.0. The van der Waals surface area contributed by atoms with Gasteiger partial charge in [-0.2, -0.15) is 4.98 Å². The van der Waals surface area contributed by atoms with Gasteiger partial charge in [-0.15, -0.1) is 0 Å². The lowest BCUT2D eigenvalue weighted by Crippen LogP contribution is -2.60. The average molecular weight is 1160 g/mol. The summed E-state index contributed by atoms with van der Waals surface area (Å²) in [5, 5.41) is 89.1. The van der Waals surface area contributed by atoms with Crippen molar-refractivity contribution in [3.8, 4) is 5.88 Å². The van der Waals surface area contributed by atoms with E-state index in [-0.39, 0.29) is 36.4 Å². The van der Waals surface area contributed by atoms with Crippen LogP contribution in [-0.2, 0) is 24.2 Å². The zero-order valence-corrected chi connectivity index (χ0v) is 46.1. The first-order chi connectivity index (χ1) is 38.7. The molecule has 24 nitrogen and oxygen atoms in total. The fourth-order valence-electron chi connectivity index (χ4n) is 11.4. The minimum absolute atomic E-state index is 0.00622. The largest absolute Gasteiger partial charge is 0.474 e. The Labute approximate surface area is 471 Å². The number of aromatic nitrogens is 2. The fourth-order valence-corrected chi connectivity index (χ4v) is 12.5. The van der Waals surface area contributed by atoms with Crippen molar-refractivity contribution in [2.75, 3.05) is 87.4 Å². The summed E-state index contributed by atoms with van der Waals surface area (Å²) >= 11 is 6.27. The van der Waals surface area contributed by atoms with Gasteiger partial charge in [0.05, 0.1) is 59.6 Å². The summed E-state index contributed by atoms with van der Waals surface area (Å²) in [6.07, 6.45) is -9.14. The van der Waals surface area contributed by atoms with Gasteiger partial charge in [-0.1, -0.05) is 43.2 Å². The molecule has 10 unspecified atom stereocenters. The van der Waals surface area contributed by atoms with Gasteiger partial charge in [0, 0.05) is 73.5 Å². The quantitative estimate of drug-likeness (QED) is 0.0473. The lowest BCUT2D eigenvalue weighted by Gasteiger charge is -2.42. The van der Waals surface area contributed by atoms with Gasteiger partial charge in [-0.05, 0) is 90.4 Å². The van der Waals surface area contributed by atoms with Crippen LogP contribution < -0.4 is 24.6 Å². The SMILES string of the molecule is CC1(C)CCC(CN2CCN(c3ccc(C(=O)NS(=O)(=O)c4ccc(NCC5OC(COCC6C(CO)OC(O)C(O)C6O)C(O)C(O)C5O)c([N+](=O)[O-])c4)c(N4CCOc5nc6[nH]ccc6cc54)c3)CC2)=C(c2ccc(Cl)cc2)C1. The van der Waals surface area contributed by atoms with Crippen LogP contribution in [0.2, 0.25) is 5.02 Å². The van der Waals surface area contributed by atoms with Crippen LogP contribution in [0, 0.1) is 21.4 Å². The third kappa shape index (κ3) is 12.5. The number of rotatable bonds is 17. The second-order valence-corrected chi connectivity index (χ2v) is 24.1. The number of allylic oxidation sites excluding steroid dienone is 1. The van der Waals surface area contributed by atoms with Crippen LogP contribution >= 0.6 is 11.6 Å². The van der Waals surface area contributed by atoms with Gasteiger partial charge < -0.3 is 74.8 Å². The average Bonchev–Trinajstić information content (AvgIpc) is 4.11. The molecule has 3 saturated heterocycles. The Morgan fingerprint density at radius 2 is 1.63 bits per heavy atom. The van der Waals surface area contributed by atoms with Gasteiger partial charge in [0.25, 0.3) is 21.6 Å². The van der Waals surface area contributed by atoms with Gasteiger partial charge in [0.2, 0.25) is 5.88 Å². The van der Waals surface area contributed by atoms with E-state index in [2.05, 4.69) is 55.8 Å². The molecule has 0 radical (unpaired) electrons. The van der Waals surface area contributed by atoms with E-state index in [1.807, 2.05) is 35.2 Å². The van der Waals surface area contributed by atoms with Crippen molar-refractivity contribution < 1.29 is 72.8 Å². The molecule has 0 spiro atoms. The Hall–Kier alpha value is -6.04. The summed E-state index contributed by atoms with van der Waals surface area (Å²) in [5.74, 6) is -1.72.